The van der Waals surface area contributed by atoms with Crippen molar-refractivity contribution in [1.82, 2.24) is 0 Å². The Bertz CT molecular complexity index is 379. The maximum absolute atomic E-state index is 10.6. The summed E-state index contributed by atoms with van der Waals surface area (Å²) in [5, 5.41) is 2.37. The fourth-order valence-electron chi connectivity index (χ4n) is 1.50. The molecule has 1 amide bonds. The summed E-state index contributed by atoms with van der Waals surface area (Å²) in [5.41, 5.74) is 1.30. The predicted molar refractivity (Wildman–Crippen MR) is 71.2 cm³/mol. The topological polar surface area (TPSA) is 46.5 Å². The molecule has 1 aromatic carbocycles. The summed E-state index contributed by atoms with van der Waals surface area (Å²) in [7, 11) is 0. The van der Waals surface area contributed by atoms with E-state index >= 15 is 0 Å². The Balaban J connectivity index is 2.11. The van der Waals surface area contributed by atoms with Gasteiger partial charge < -0.3 is 0 Å². The number of carbonyl (C=O) groups excluding carboxylic acids is 1. The number of nitrogens with zero attached hydrogens (tertiary/aromatic N) is 1. The normalized spacial score (nSPS) is 10.2. The van der Waals surface area contributed by atoms with Crippen LogP contribution in [-0.2, 0) is 4.79 Å². The molecule has 0 aliphatic heterocycles. The highest BCUT2D eigenvalue weighted by Gasteiger charge is 2.01. The van der Waals surface area contributed by atoms with Crippen LogP contribution in [0.5, 0.6) is 0 Å². The van der Waals surface area contributed by atoms with Gasteiger partial charge in [0.25, 0.3) is 5.91 Å². The van der Waals surface area contributed by atoms with Crippen molar-refractivity contribution in [3.05, 3.63) is 34.7 Å². The summed E-state index contributed by atoms with van der Waals surface area (Å²) in [6.45, 7) is 2.11. The zero-order chi connectivity index (χ0) is 12.5. The van der Waals surface area contributed by atoms with Crippen molar-refractivity contribution < 1.29 is 4.79 Å². The first-order valence-electron chi connectivity index (χ1n) is 5.78. The van der Waals surface area contributed by atoms with Crippen LogP contribution in [-0.4, -0.2) is 11.7 Å². The van der Waals surface area contributed by atoms with Gasteiger partial charge in [0.1, 0.15) is 0 Å². The lowest BCUT2D eigenvalue weighted by Gasteiger charge is -2.04. The Labute approximate surface area is 106 Å². The van der Waals surface area contributed by atoms with Crippen molar-refractivity contribution in [3.8, 4) is 0 Å². The van der Waals surface area contributed by atoms with Crippen molar-refractivity contribution in [2.24, 2.45) is 5.18 Å². The lowest BCUT2D eigenvalue weighted by Crippen LogP contribution is -1.91. The minimum Gasteiger partial charge on any atom is -0.269 e. The number of nitroso groups, excluding NO2 is 1. The molecule has 0 atom stereocenters. The van der Waals surface area contributed by atoms with E-state index in [1.807, 2.05) is 23.9 Å². The summed E-state index contributed by atoms with van der Waals surface area (Å²) in [6, 6.07) is 8.32. The van der Waals surface area contributed by atoms with Crippen LogP contribution in [0.25, 0.3) is 0 Å². The van der Waals surface area contributed by atoms with Crippen molar-refractivity contribution in [2.45, 2.75) is 37.5 Å². The Morgan fingerprint density at radius 2 is 2.00 bits per heavy atom. The van der Waals surface area contributed by atoms with Crippen LogP contribution in [0.4, 0.5) is 0 Å². The molecule has 0 aliphatic carbocycles. The summed E-state index contributed by atoms with van der Waals surface area (Å²) in [6.07, 6.45) is 3.09. The van der Waals surface area contributed by atoms with Crippen LogP contribution < -0.4 is 0 Å². The van der Waals surface area contributed by atoms with Gasteiger partial charge in [-0.2, -0.15) is 0 Å². The molecule has 0 saturated carbocycles. The molecule has 0 unspecified atom stereocenters. The fraction of sp³-hybridized carbons (Fsp3) is 0.462. The predicted octanol–water partition coefficient (Wildman–Crippen LogP) is 3.94. The monoisotopic (exact) mass is 251 g/mol. The van der Waals surface area contributed by atoms with Gasteiger partial charge >= 0.3 is 0 Å². The molecule has 0 aromatic heterocycles. The molecule has 0 aliphatic rings. The van der Waals surface area contributed by atoms with Crippen LogP contribution in [0.2, 0.25) is 0 Å². The molecular weight excluding hydrogens is 234 g/mol. The highest BCUT2D eigenvalue weighted by Crippen LogP contribution is 2.23. The van der Waals surface area contributed by atoms with Gasteiger partial charge in [0.05, 0.1) is 0 Å². The molecule has 0 saturated heterocycles. The van der Waals surface area contributed by atoms with Gasteiger partial charge in [0, 0.05) is 16.5 Å². The summed E-state index contributed by atoms with van der Waals surface area (Å²) in [5.74, 6) is 0.518. The molecule has 1 rings (SSSR count). The average Bonchev–Trinajstić information content (AvgIpc) is 2.35. The maximum Gasteiger partial charge on any atom is 0.286 e. The van der Waals surface area contributed by atoms with Gasteiger partial charge in [-0.1, -0.05) is 24.6 Å². The first kappa shape index (κ1) is 13.9. The number of thioether (sulfide) groups is 1. The molecule has 17 heavy (non-hydrogen) atoms. The van der Waals surface area contributed by atoms with E-state index in [-0.39, 0.29) is 0 Å². The van der Waals surface area contributed by atoms with E-state index < -0.39 is 5.91 Å². The third-order valence-electron chi connectivity index (χ3n) is 2.49. The number of unbranched alkanes of at least 4 members (excludes halogenated alkanes) is 2. The second kappa shape index (κ2) is 8.01. The molecule has 0 spiro atoms. The van der Waals surface area contributed by atoms with Crippen molar-refractivity contribution in [2.75, 3.05) is 5.75 Å². The van der Waals surface area contributed by atoms with E-state index in [0.29, 0.717) is 6.42 Å². The van der Waals surface area contributed by atoms with Crippen LogP contribution in [0.3, 0.4) is 0 Å². The van der Waals surface area contributed by atoms with Gasteiger partial charge in [0.2, 0.25) is 0 Å². The van der Waals surface area contributed by atoms with Crippen molar-refractivity contribution >= 4 is 17.7 Å². The molecule has 0 heterocycles. The minimum atomic E-state index is -0.531. The fourth-order valence-corrected chi connectivity index (χ4v) is 2.54. The summed E-state index contributed by atoms with van der Waals surface area (Å²) < 4.78 is 0. The van der Waals surface area contributed by atoms with E-state index in [2.05, 4.69) is 24.2 Å². The van der Waals surface area contributed by atoms with E-state index in [9.17, 15) is 9.70 Å². The smallest absolute Gasteiger partial charge is 0.269 e. The molecule has 3 nitrogen and oxygen atoms in total. The van der Waals surface area contributed by atoms with E-state index in [1.165, 1.54) is 10.5 Å². The lowest BCUT2D eigenvalue weighted by molar-refractivity contribution is -0.118. The SMILES string of the molecule is Cc1ccccc1SCCCCCC(=O)N=O. The number of benzene rings is 1. The molecule has 4 heteroatoms. The maximum atomic E-state index is 10.6. The van der Waals surface area contributed by atoms with Gasteiger partial charge in [-0.15, -0.1) is 16.7 Å². The van der Waals surface area contributed by atoms with E-state index in [0.717, 1.165) is 25.0 Å². The first-order chi connectivity index (χ1) is 8.24. The van der Waals surface area contributed by atoms with Crippen LogP contribution >= 0.6 is 11.8 Å². The standard InChI is InChI=1S/C13H17NO2S/c1-11-7-4-5-8-12(11)17-10-6-2-3-9-13(15)14-16/h4-5,7-8H,2-3,6,9-10H2,1H3. The Kier molecular flexibility index (Phi) is 6.55. The number of carbonyl (C=O) groups is 1. The number of hydrogen-bond acceptors (Lipinski definition) is 3. The Morgan fingerprint density at radius 3 is 2.71 bits per heavy atom. The zero-order valence-corrected chi connectivity index (χ0v) is 10.8. The zero-order valence-electron chi connectivity index (χ0n) is 10.0. The molecule has 0 N–H and O–H groups in total. The average molecular weight is 251 g/mol. The Hall–Kier alpha value is -1.16. The second-order valence-electron chi connectivity index (χ2n) is 3.91. The third kappa shape index (κ3) is 5.63. The molecule has 92 valence electrons. The first-order valence-corrected chi connectivity index (χ1v) is 6.77. The van der Waals surface area contributed by atoms with Gasteiger partial charge in [-0.25, -0.2) is 0 Å². The lowest BCUT2D eigenvalue weighted by atomic mass is 10.2. The number of aryl methyl sites for hydroxylation is 1. The second-order valence-corrected chi connectivity index (χ2v) is 5.05. The highest BCUT2D eigenvalue weighted by molar-refractivity contribution is 7.99. The van der Waals surface area contributed by atoms with Gasteiger partial charge in [-0.05, 0) is 37.1 Å². The van der Waals surface area contributed by atoms with Gasteiger partial charge in [-0.3, -0.25) is 4.79 Å². The number of amides is 1. The van der Waals surface area contributed by atoms with E-state index in [1.54, 1.807) is 0 Å². The summed E-state index contributed by atoms with van der Waals surface area (Å²) in [4.78, 5) is 21.8. The minimum absolute atomic E-state index is 0.290. The summed E-state index contributed by atoms with van der Waals surface area (Å²) >= 11 is 1.84. The van der Waals surface area contributed by atoms with Crippen molar-refractivity contribution in [3.63, 3.8) is 0 Å². The van der Waals surface area contributed by atoms with E-state index in [4.69, 9.17) is 0 Å². The molecular formula is C13H17NO2S. The third-order valence-corrected chi connectivity index (χ3v) is 3.75. The number of hydrogen-bond donors (Lipinski definition) is 0. The Morgan fingerprint density at radius 1 is 1.24 bits per heavy atom. The van der Waals surface area contributed by atoms with Gasteiger partial charge in [0.15, 0.2) is 0 Å². The number of rotatable bonds is 7. The van der Waals surface area contributed by atoms with Crippen LogP contribution in [0.15, 0.2) is 34.3 Å². The molecule has 0 radical (unpaired) electrons. The van der Waals surface area contributed by atoms with Crippen LogP contribution in [0, 0.1) is 11.8 Å². The largest absolute Gasteiger partial charge is 0.286 e. The molecule has 0 fully saturated rings. The highest BCUT2D eigenvalue weighted by atomic mass is 32.2. The molecule has 0 bridgehead atoms. The van der Waals surface area contributed by atoms with Crippen molar-refractivity contribution in [1.29, 1.82) is 0 Å². The van der Waals surface area contributed by atoms with Crippen LogP contribution in [0.1, 0.15) is 31.2 Å². The molecule has 1 aromatic rings. The quantitative estimate of drug-likeness (QED) is 0.419.